The van der Waals surface area contributed by atoms with Crippen LogP contribution in [0.15, 0.2) is 0 Å². The normalized spacial score (nSPS) is 15.9. The maximum absolute atomic E-state index is 10.9. The fourth-order valence-corrected chi connectivity index (χ4v) is 2.45. The van der Waals surface area contributed by atoms with Gasteiger partial charge in [-0.2, -0.15) is 15.0 Å². The summed E-state index contributed by atoms with van der Waals surface area (Å²) >= 11 is 5.96. The Labute approximate surface area is 129 Å². The number of amides is 1. The van der Waals surface area contributed by atoms with Gasteiger partial charge in [-0.05, 0) is 30.4 Å². The van der Waals surface area contributed by atoms with Gasteiger partial charge in [-0.25, -0.2) is 0 Å². The van der Waals surface area contributed by atoms with Crippen molar-refractivity contribution in [3.63, 3.8) is 0 Å². The molecular formula is C13H21ClN6O. The van der Waals surface area contributed by atoms with Gasteiger partial charge in [0.25, 0.3) is 0 Å². The van der Waals surface area contributed by atoms with E-state index < -0.39 is 0 Å². The monoisotopic (exact) mass is 312 g/mol. The summed E-state index contributed by atoms with van der Waals surface area (Å²) in [5, 5.41) is 3.09. The van der Waals surface area contributed by atoms with Crippen LogP contribution in [0.2, 0.25) is 5.28 Å². The molecule has 116 valence electrons. The van der Waals surface area contributed by atoms with Crippen molar-refractivity contribution in [3.8, 4) is 0 Å². The van der Waals surface area contributed by atoms with Gasteiger partial charge in [0.15, 0.2) is 0 Å². The summed E-state index contributed by atoms with van der Waals surface area (Å²) < 4.78 is 0. The van der Waals surface area contributed by atoms with E-state index >= 15 is 0 Å². The summed E-state index contributed by atoms with van der Waals surface area (Å²) in [5.74, 6) is 1.72. The number of carbonyl (C=O) groups excluding carboxylic acids is 1. The maximum Gasteiger partial charge on any atom is 0.231 e. The first kappa shape index (κ1) is 15.8. The summed E-state index contributed by atoms with van der Waals surface area (Å²) in [4.78, 5) is 27.6. The minimum Gasteiger partial charge on any atom is -0.356 e. The molecule has 1 saturated heterocycles. The lowest BCUT2D eigenvalue weighted by atomic mass is 9.97. The van der Waals surface area contributed by atoms with E-state index in [2.05, 4.69) is 25.2 Å². The maximum atomic E-state index is 10.9. The molecule has 2 heterocycles. The Kier molecular flexibility index (Phi) is 5.17. The van der Waals surface area contributed by atoms with E-state index in [4.69, 9.17) is 11.6 Å². The quantitative estimate of drug-likeness (QED) is 0.892. The van der Waals surface area contributed by atoms with Crippen molar-refractivity contribution in [2.45, 2.75) is 19.8 Å². The van der Waals surface area contributed by atoms with Crippen LogP contribution in [-0.4, -0.2) is 54.6 Å². The molecule has 0 spiro atoms. The molecule has 2 rings (SSSR count). The molecule has 0 bridgehead atoms. The zero-order valence-electron chi connectivity index (χ0n) is 12.6. The molecule has 0 aliphatic carbocycles. The van der Waals surface area contributed by atoms with Crippen molar-refractivity contribution in [1.82, 2.24) is 20.3 Å². The molecule has 8 heteroatoms. The Bertz CT molecular complexity index is 501. The smallest absolute Gasteiger partial charge is 0.231 e. The number of halogens is 1. The number of nitrogens with zero attached hydrogens (tertiary/aromatic N) is 5. The minimum atomic E-state index is 0.0253. The number of rotatable bonds is 4. The lowest BCUT2D eigenvalue weighted by Gasteiger charge is -2.32. The van der Waals surface area contributed by atoms with Crippen LogP contribution in [0.3, 0.4) is 0 Å². The van der Waals surface area contributed by atoms with Crippen molar-refractivity contribution in [1.29, 1.82) is 0 Å². The van der Waals surface area contributed by atoms with Crippen molar-refractivity contribution in [3.05, 3.63) is 5.28 Å². The average Bonchev–Trinajstić information content (AvgIpc) is 2.45. The van der Waals surface area contributed by atoms with Crippen LogP contribution in [-0.2, 0) is 4.79 Å². The highest BCUT2D eigenvalue weighted by atomic mass is 35.5. The largest absolute Gasteiger partial charge is 0.356 e. The number of piperidine rings is 1. The van der Waals surface area contributed by atoms with Gasteiger partial charge in [0.05, 0.1) is 0 Å². The summed E-state index contributed by atoms with van der Waals surface area (Å²) in [5.41, 5.74) is 0. The van der Waals surface area contributed by atoms with Gasteiger partial charge in [-0.3, -0.25) is 4.79 Å². The molecule has 1 N–H and O–H groups in total. The van der Waals surface area contributed by atoms with Crippen molar-refractivity contribution in [2.24, 2.45) is 5.92 Å². The fraction of sp³-hybridized carbons (Fsp3) is 0.692. The molecule has 7 nitrogen and oxygen atoms in total. The van der Waals surface area contributed by atoms with E-state index in [1.165, 1.54) is 0 Å². The Hall–Kier alpha value is -1.63. The fourth-order valence-electron chi connectivity index (χ4n) is 2.30. The topological polar surface area (TPSA) is 74.2 Å². The Morgan fingerprint density at radius 2 is 2.00 bits per heavy atom. The Balaban J connectivity index is 1.97. The predicted molar refractivity (Wildman–Crippen MR) is 82.8 cm³/mol. The average molecular weight is 313 g/mol. The second-order valence-electron chi connectivity index (χ2n) is 5.47. The van der Waals surface area contributed by atoms with E-state index in [9.17, 15) is 4.79 Å². The summed E-state index contributed by atoms with van der Waals surface area (Å²) in [6, 6.07) is 0. The van der Waals surface area contributed by atoms with E-state index in [-0.39, 0.29) is 11.2 Å². The number of aromatic nitrogens is 3. The first-order chi connectivity index (χ1) is 9.95. The predicted octanol–water partition coefficient (Wildman–Crippen LogP) is 0.943. The second kappa shape index (κ2) is 6.89. The molecule has 1 fully saturated rings. The van der Waals surface area contributed by atoms with Gasteiger partial charge in [0, 0.05) is 40.7 Å². The van der Waals surface area contributed by atoms with Crippen LogP contribution in [0.5, 0.6) is 0 Å². The van der Waals surface area contributed by atoms with Crippen LogP contribution in [0.25, 0.3) is 0 Å². The molecule has 0 unspecified atom stereocenters. The molecule has 21 heavy (non-hydrogen) atoms. The molecular weight excluding hydrogens is 292 g/mol. The van der Waals surface area contributed by atoms with Gasteiger partial charge < -0.3 is 15.1 Å². The zero-order valence-corrected chi connectivity index (χ0v) is 13.4. The number of hydrogen-bond donors (Lipinski definition) is 1. The number of anilines is 2. The summed E-state index contributed by atoms with van der Waals surface area (Å²) in [7, 11) is 3.74. The minimum absolute atomic E-state index is 0.0253. The van der Waals surface area contributed by atoms with Gasteiger partial charge in [0.2, 0.25) is 23.1 Å². The lowest BCUT2D eigenvalue weighted by molar-refractivity contribution is -0.119. The molecule has 1 amide bonds. The highest BCUT2D eigenvalue weighted by molar-refractivity contribution is 6.28. The second-order valence-corrected chi connectivity index (χ2v) is 5.80. The highest BCUT2D eigenvalue weighted by Crippen LogP contribution is 2.22. The molecule has 0 saturated carbocycles. The first-order valence-electron chi connectivity index (χ1n) is 7.04. The summed E-state index contributed by atoms with van der Waals surface area (Å²) in [6.45, 7) is 4.00. The molecule has 1 aromatic heterocycles. The van der Waals surface area contributed by atoms with Crippen molar-refractivity contribution < 1.29 is 4.79 Å². The Morgan fingerprint density at radius 3 is 2.57 bits per heavy atom. The number of hydrogen-bond acceptors (Lipinski definition) is 6. The first-order valence-corrected chi connectivity index (χ1v) is 7.42. The molecule has 0 radical (unpaired) electrons. The number of nitrogens with one attached hydrogen (secondary N) is 1. The lowest BCUT2D eigenvalue weighted by Crippen LogP contribution is -2.39. The van der Waals surface area contributed by atoms with Gasteiger partial charge in [-0.15, -0.1) is 0 Å². The van der Waals surface area contributed by atoms with Crippen LogP contribution in [0.1, 0.15) is 19.8 Å². The molecule has 0 aromatic carbocycles. The molecule has 1 aromatic rings. The van der Waals surface area contributed by atoms with Crippen molar-refractivity contribution in [2.75, 3.05) is 43.5 Å². The van der Waals surface area contributed by atoms with Crippen LogP contribution >= 0.6 is 11.6 Å². The third-order valence-electron chi connectivity index (χ3n) is 3.52. The number of carbonyl (C=O) groups is 1. The molecule has 1 aliphatic heterocycles. The van der Waals surface area contributed by atoms with E-state index in [0.29, 0.717) is 17.8 Å². The highest BCUT2D eigenvalue weighted by Gasteiger charge is 2.22. The van der Waals surface area contributed by atoms with Crippen molar-refractivity contribution >= 4 is 29.4 Å². The van der Waals surface area contributed by atoms with Crippen LogP contribution in [0.4, 0.5) is 11.9 Å². The van der Waals surface area contributed by atoms with Gasteiger partial charge in [-0.1, -0.05) is 0 Å². The van der Waals surface area contributed by atoms with E-state index in [1.807, 2.05) is 14.1 Å². The zero-order chi connectivity index (χ0) is 15.4. The van der Waals surface area contributed by atoms with Crippen LogP contribution < -0.4 is 15.1 Å². The third kappa shape index (κ3) is 4.42. The molecule has 1 aliphatic rings. The SMILES string of the molecule is CC(=O)NCC1CCN(c2nc(Cl)nc(N(C)C)n2)CC1. The standard InChI is InChI=1S/C13H21ClN6O/c1-9(21)15-8-10-4-6-20(7-5-10)13-17-11(14)16-12(18-13)19(2)3/h10H,4-8H2,1-3H3,(H,15,21). The van der Waals surface area contributed by atoms with Crippen LogP contribution in [0, 0.1) is 5.92 Å². The van der Waals surface area contributed by atoms with E-state index in [0.717, 1.165) is 32.5 Å². The molecule has 0 atom stereocenters. The Morgan fingerprint density at radius 1 is 1.33 bits per heavy atom. The van der Waals surface area contributed by atoms with E-state index in [1.54, 1.807) is 11.8 Å². The summed E-state index contributed by atoms with van der Waals surface area (Å²) in [6.07, 6.45) is 2.00. The van der Waals surface area contributed by atoms with Gasteiger partial charge >= 0.3 is 0 Å². The third-order valence-corrected chi connectivity index (χ3v) is 3.69. The van der Waals surface area contributed by atoms with Gasteiger partial charge in [0.1, 0.15) is 0 Å².